The van der Waals surface area contributed by atoms with Crippen LogP contribution in [0.4, 0.5) is 0 Å². The van der Waals surface area contributed by atoms with Crippen LogP contribution in [-0.2, 0) is 16.2 Å². The van der Waals surface area contributed by atoms with E-state index in [1.54, 1.807) is 7.11 Å². The van der Waals surface area contributed by atoms with E-state index in [2.05, 4.69) is 205 Å². The molecule has 0 spiro atoms. The summed E-state index contributed by atoms with van der Waals surface area (Å²) in [4.78, 5) is 0. The molecule has 1 heteroatoms. The summed E-state index contributed by atoms with van der Waals surface area (Å²) in [5.74, 6) is 0.910. The molecule has 0 radical (unpaired) electrons. The first-order valence-electron chi connectivity index (χ1n) is 21.8. The highest BCUT2D eigenvalue weighted by Crippen LogP contribution is 2.55. The number of hydrogen-bond acceptors (Lipinski definition) is 1. The molecular weight excluding hydrogens is 737 g/mol. The molecule has 9 aromatic rings. The highest BCUT2D eigenvalue weighted by molar-refractivity contribution is 6.21. The van der Waals surface area contributed by atoms with Gasteiger partial charge in [0, 0.05) is 16.2 Å². The second kappa shape index (κ2) is 12.4. The Bertz CT molecular complexity index is 3310. The summed E-state index contributed by atoms with van der Waals surface area (Å²) >= 11 is 0. The van der Waals surface area contributed by atoms with Gasteiger partial charge >= 0.3 is 0 Å². The van der Waals surface area contributed by atoms with Crippen molar-refractivity contribution in [3.63, 3.8) is 0 Å². The SMILES string of the molecule is COc1ccc2c(c1)C(C)(C)c1cc(-c3ccc4c(c3)C(C)(C)c3cc(-c5c6ccccc6c(-c6ccc7c(c6)C(C)(C)c6ccccc6-7)c6ccccc56)ccc3-4)ccc1-2. The van der Waals surface area contributed by atoms with Gasteiger partial charge in [-0.25, -0.2) is 0 Å². The van der Waals surface area contributed by atoms with E-state index >= 15 is 0 Å². The lowest BCUT2D eigenvalue weighted by molar-refractivity contribution is 0.413. The van der Waals surface area contributed by atoms with E-state index in [-0.39, 0.29) is 16.2 Å². The first kappa shape index (κ1) is 36.2. The van der Waals surface area contributed by atoms with Gasteiger partial charge in [0.05, 0.1) is 7.11 Å². The van der Waals surface area contributed by atoms with E-state index in [1.807, 2.05) is 0 Å². The van der Waals surface area contributed by atoms with Gasteiger partial charge in [0.25, 0.3) is 0 Å². The second-order valence-corrected chi connectivity index (χ2v) is 19.2. The highest BCUT2D eigenvalue weighted by atomic mass is 16.5. The Kier molecular flexibility index (Phi) is 7.37. The summed E-state index contributed by atoms with van der Waals surface area (Å²) in [6.45, 7) is 14.3. The van der Waals surface area contributed by atoms with Crippen molar-refractivity contribution in [3.8, 4) is 72.5 Å². The third kappa shape index (κ3) is 4.89. The maximum Gasteiger partial charge on any atom is 0.119 e. The fraction of sp³-hybridized carbons (Fsp3) is 0.167. The summed E-state index contributed by atoms with van der Waals surface area (Å²) in [6.07, 6.45) is 0. The molecule has 0 heterocycles. The van der Waals surface area contributed by atoms with Gasteiger partial charge in [0.15, 0.2) is 0 Å². The third-order valence-corrected chi connectivity index (χ3v) is 15.0. The van der Waals surface area contributed by atoms with E-state index < -0.39 is 0 Å². The van der Waals surface area contributed by atoms with Crippen molar-refractivity contribution in [2.75, 3.05) is 7.11 Å². The summed E-state index contributed by atoms with van der Waals surface area (Å²) in [7, 11) is 1.75. The van der Waals surface area contributed by atoms with Gasteiger partial charge in [-0.3, -0.25) is 0 Å². The number of rotatable bonds is 4. The van der Waals surface area contributed by atoms with Gasteiger partial charge in [-0.1, -0.05) is 169 Å². The predicted octanol–water partition coefficient (Wildman–Crippen LogP) is 15.9. The van der Waals surface area contributed by atoms with Crippen LogP contribution in [0.5, 0.6) is 5.75 Å². The molecule has 9 aromatic carbocycles. The zero-order valence-electron chi connectivity index (χ0n) is 36.0. The molecule has 0 aliphatic heterocycles. The Morgan fingerprint density at radius 3 is 1.03 bits per heavy atom. The van der Waals surface area contributed by atoms with Crippen molar-refractivity contribution in [1.82, 2.24) is 0 Å². The molecule has 0 atom stereocenters. The van der Waals surface area contributed by atoms with E-state index in [0.29, 0.717) is 0 Å². The quantitative estimate of drug-likeness (QED) is 0.162. The van der Waals surface area contributed by atoms with Gasteiger partial charge in [0.2, 0.25) is 0 Å². The Labute approximate surface area is 359 Å². The Morgan fingerprint density at radius 2 is 0.607 bits per heavy atom. The number of fused-ring (bicyclic) bond motifs is 11. The Hall–Kier alpha value is -6.70. The molecule has 0 amide bonds. The van der Waals surface area contributed by atoms with Gasteiger partial charge < -0.3 is 4.74 Å². The average Bonchev–Trinajstić information content (AvgIpc) is 3.76. The van der Waals surface area contributed by atoms with Gasteiger partial charge in [-0.2, -0.15) is 0 Å². The summed E-state index contributed by atoms with van der Waals surface area (Å²) in [6, 6.07) is 62.3. The second-order valence-electron chi connectivity index (χ2n) is 19.2. The van der Waals surface area contributed by atoms with Crippen LogP contribution in [-0.4, -0.2) is 7.11 Å². The van der Waals surface area contributed by atoms with Crippen LogP contribution < -0.4 is 4.74 Å². The van der Waals surface area contributed by atoms with Crippen molar-refractivity contribution in [2.24, 2.45) is 0 Å². The van der Waals surface area contributed by atoms with Crippen LogP contribution in [0.3, 0.4) is 0 Å². The van der Waals surface area contributed by atoms with Crippen LogP contribution in [0.25, 0.3) is 88.3 Å². The fourth-order valence-electron chi connectivity index (χ4n) is 11.7. The van der Waals surface area contributed by atoms with Crippen molar-refractivity contribution in [3.05, 3.63) is 197 Å². The molecule has 12 rings (SSSR count). The van der Waals surface area contributed by atoms with Crippen molar-refractivity contribution in [1.29, 1.82) is 0 Å². The Morgan fingerprint density at radius 1 is 0.295 bits per heavy atom. The molecule has 0 unspecified atom stereocenters. The lowest BCUT2D eigenvalue weighted by Crippen LogP contribution is -2.15. The largest absolute Gasteiger partial charge is 0.497 e. The number of methoxy groups -OCH3 is 1. The van der Waals surface area contributed by atoms with Gasteiger partial charge in [-0.05, 0) is 158 Å². The summed E-state index contributed by atoms with van der Waals surface area (Å²) in [5, 5.41) is 5.15. The number of hydrogen-bond donors (Lipinski definition) is 0. The lowest BCUT2D eigenvalue weighted by Gasteiger charge is -2.24. The van der Waals surface area contributed by atoms with E-state index in [9.17, 15) is 0 Å². The molecule has 3 aliphatic rings. The smallest absolute Gasteiger partial charge is 0.119 e. The monoisotopic (exact) mass is 784 g/mol. The molecule has 0 aromatic heterocycles. The summed E-state index contributed by atoms with van der Waals surface area (Å²) in [5.41, 5.74) is 23.6. The maximum atomic E-state index is 5.63. The van der Waals surface area contributed by atoms with Crippen molar-refractivity contribution >= 4 is 21.5 Å². The van der Waals surface area contributed by atoms with E-state index in [1.165, 1.54) is 122 Å². The van der Waals surface area contributed by atoms with Gasteiger partial charge in [0.1, 0.15) is 5.75 Å². The molecule has 294 valence electrons. The zero-order chi connectivity index (χ0) is 41.6. The minimum Gasteiger partial charge on any atom is -0.497 e. The van der Waals surface area contributed by atoms with Crippen LogP contribution in [0, 0.1) is 0 Å². The molecule has 0 bridgehead atoms. The molecule has 3 aliphatic carbocycles. The highest BCUT2D eigenvalue weighted by Gasteiger charge is 2.39. The molecular formula is C60H48O. The summed E-state index contributed by atoms with van der Waals surface area (Å²) < 4.78 is 5.63. The molecule has 0 fully saturated rings. The van der Waals surface area contributed by atoms with E-state index in [4.69, 9.17) is 4.74 Å². The van der Waals surface area contributed by atoms with Crippen LogP contribution >= 0.6 is 0 Å². The predicted molar refractivity (Wildman–Crippen MR) is 257 cm³/mol. The van der Waals surface area contributed by atoms with Crippen molar-refractivity contribution < 1.29 is 4.74 Å². The van der Waals surface area contributed by atoms with Gasteiger partial charge in [-0.15, -0.1) is 0 Å². The molecule has 0 saturated heterocycles. The molecule has 61 heavy (non-hydrogen) atoms. The van der Waals surface area contributed by atoms with E-state index in [0.717, 1.165) is 5.75 Å². The van der Waals surface area contributed by atoms with Crippen LogP contribution in [0.1, 0.15) is 74.9 Å². The molecule has 1 nitrogen and oxygen atoms in total. The standard InChI is InChI=1S/C60H48O/c1-58(2)50-19-13-12-14-40(50)41-27-22-37(32-53(41)58)56-46-15-8-10-17-48(46)57(49-18-11-9-16-47(49)56)38-23-28-44-42-25-20-35(30-51(42)59(3,4)54(44)33-38)36-21-26-43-45-29-24-39(61-7)34-55(45)60(5,6)52(43)31-36/h8-34H,1-7H3. The molecule has 0 N–H and O–H groups in total. The number of benzene rings is 9. The minimum atomic E-state index is -0.181. The topological polar surface area (TPSA) is 9.23 Å². The van der Waals surface area contributed by atoms with Crippen LogP contribution in [0.15, 0.2) is 164 Å². The first-order chi connectivity index (χ1) is 29.5. The van der Waals surface area contributed by atoms with Crippen LogP contribution in [0.2, 0.25) is 0 Å². The fourth-order valence-corrected chi connectivity index (χ4v) is 11.7. The lowest BCUT2D eigenvalue weighted by atomic mass is 9.79. The minimum absolute atomic E-state index is 0.0667. The molecule has 0 saturated carbocycles. The maximum absolute atomic E-state index is 5.63. The zero-order valence-corrected chi connectivity index (χ0v) is 36.0. The normalized spacial score (nSPS) is 15.5. The van der Waals surface area contributed by atoms with Crippen molar-refractivity contribution in [2.45, 2.75) is 57.8 Å². The first-order valence-corrected chi connectivity index (χ1v) is 21.8. The average molecular weight is 785 g/mol. The Balaban J connectivity index is 0.966. The number of ether oxygens (including phenoxy) is 1. The third-order valence-electron chi connectivity index (χ3n) is 15.0.